The second-order valence-electron chi connectivity index (χ2n) is 1.18. The van der Waals surface area contributed by atoms with Crippen LogP contribution in [0.4, 0.5) is 0 Å². The molecule has 0 bridgehead atoms. The minimum Gasteiger partial charge on any atom is -0.382 e. The Bertz CT molecular complexity index is 113. The Morgan fingerprint density at radius 2 is 2.57 bits per heavy atom. The van der Waals surface area contributed by atoms with Crippen LogP contribution in [0.3, 0.4) is 0 Å². The van der Waals surface area contributed by atoms with Crippen LogP contribution < -0.4 is 0 Å². The van der Waals surface area contributed by atoms with Gasteiger partial charge in [0.05, 0.1) is 0 Å². The molecule has 1 aromatic heterocycles. The van der Waals surface area contributed by atoms with Gasteiger partial charge in [0, 0.05) is 32.7 Å². The zero-order valence-electron chi connectivity index (χ0n) is 4.10. The first-order chi connectivity index (χ1) is 2.89. The smallest absolute Gasteiger partial charge is 0 e. The fourth-order valence-corrected chi connectivity index (χ4v) is 0.282. The molecule has 0 fully saturated rings. The van der Waals surface area contributed by atoms with Crippen LogP contribution in [0.1, 0.15) is 5.56 Å². The van der Waals surface area contributed by atoms with Gasteiger partial charge in [0.25, 0.3) is 0 Å². The molecule has 1 rings (SSSR count). The van der Waals surface area contributed by atoms with Crippen molar-refractivity contribution in [2.45, 2.75) is 6.92 Å². The number of hydrogen-bond donors (Lipinski definition) is 1. The average molecular weight is 170 g/mol. The maximum atomic E-state index is 3.57. The molecule has 1 radical (unpaired) electrons. The number of nitrogens with zero attached hydrogens (tertiary/aromatic N) is 1. The third kappa shape index (κ3) is 2.20. The van der Waals surface area contributed by atoms with E-state index in [0.717, 1.165) is 5.56 Å². The molecule has 1 heterocycles. The monoisotopic (exact) mass is 170 g/mol. The molecule has 0 amide bonds. The van der Waals surface area contributed by atoms with E-state index in [-0.39, 0.29) is 32.7 Å². The van der Waals surface area contributed by atoms with Gasteiger partial charge in [0.1, 0.15) is 0 Å². The van der Waals surface area contributed by atoms with Gasteiger partial charge in [-0.05, 0) is 0 Å². The standard InChI is InChI=1S/C4H5N2.Y/c1-4-2-5-6-3-4;/h2H,1H3,(H,5,6);/q-1;. The molecular weight excluding hydrogens is 165 g/mol. The summed E-state index contributed by atoms with van der Waals surface area (Å²) in [5.74, 6) is 0. The molecule has 35 valence electrons. The van der Waals surface area contributed by atoms with Gasteiger partial charge in [-0.2, -0.15) is 5.56 Å². The molecule has 0 aromatic carbocycles. The summed E-state index contributed by atoms with van der Waals surface area (Å²) in [6.45, 7) is 1.93. The van der Waals surface area contributed by atoms with E-state index in [1.807, 2.05) is 6.92 Å². The van der Waals surface area contributed by atoms with Crippen LogP contribution in [-0.2, 0) is 32.7 Å². The van der Waals surface area contributed by atoms with Gasteiger partial charge in [-0.1, -0.05) is 6.92 Å². The Morgan fingerprint density at radius 1 is 1.86 bits per heavy atom. The number of hydrogen-bond acceptors (Lipinski definition) is 1. The summed E-state index contributed by atoms with van der Waals surface area (Å²) in [5.41, 5.74) is 1.05. The molecule has 0 spiro atoms. The van der Waals surface area contributed by atoms with Crippen molar-refractivity contribution in [2.24, 2.45) is 0 Å². The fraction of sp³-hybridized carbons (Fsp3) is 0.250. The van der Waals surface area contributed by atoms with Gasteiger partial charge in [0.2, 0.25) is 0 Å². The van der Waals surface area contributed by atoms with Gasteiger partial charge in [0.15, 0.2) is 0 Å². The van der Waals surface area contributed by atoms with Gasteiger partial charge >= 0.3 is 0 Å². The van der Waals surface area contributed by atoms with Gasteiger partial charge in [-0.15, -0.1) is 12.4 Å². The second-order valence-corrected chi connectivity index (χ2v) is 1.18. The van der Waals surface area contributed by atoms with Crippen molar-refractivity contribution >= 4 is 0 Å². The molecule has 2 nitrogen and oxygen atoms in total. The van der Waals surface area contributed by atoms with Crippen LogP contribution >= 0.6 is 0 Å². The van der Waals surface area contributed by atoms with Crippen molar-refractivity contribution in [3.63, 3.8) is 0 Å². The third-order valence-electron chi connectivity index (χ3n) is 0.578. The van der Waals surface area contributed by atoms with Crippen LogP contribution in [0, 0.1) is 13.1 Å². The predicted octanol–water partition coefficient (Wildman–Crippen LogP) is 0.516. The number of aryl methyl sites for hydroxylation is 1. The van der Waals surface area contributed by atoms with Crippen molar-refractivity contribution in [1.29, 1.82) is 0 Å². The van der Waals surface area contributed by atoms with E-state index < -0.39 is 0 Å². The van der Waals surface area contributed by atoms with Gasteiger partial charge < -0.3 is 10.2 Å². The van der Waals surface area contributed by atoms with E-state index in [9.17, 15) is 0 Å². The quantitative estimate of drug-likeness (QED) is 0.564. The number of H-pyrrole nitrogens is 1. The van der Waals surface area contributed by atoms with Crippen LogP contribution in [0.25, 0.3) is 0 Å². The van der Waals surface area contributed by atoms with Crippen LogP contribution in [0.2, 0.25) is 0 Å². The number of aromatic amines is 1. The van der Waals surface area contributed by atoms with Crippen molar-refractivity contribution in [2.75, 3.05) is 0 Å². The maximum Gasteiger partial charge on any atom is 0 e. The SMILES string of the molecule is Cc1[c-]n[nH]c1.[Y]. The number of aromatic nitrogens is 2. The maximum absolute atomic E-state index is 3.57. The number of nitrogens with one attached hydrogen (secondary N) is 1. The summed E-state index contributed by atoms with van der Waals surface area (Å²) >= 11 is 0. The molecule has 1 aromatic rings. The van der Waals surface area contributed by atoms with Crippen molar-refractivity contribution in [1.82, 2.24) is 10.2 Å². The molecule has 0 aliphatic heterocycles. The van der Waals surface area contributed by atoms with Crippen molar-refractivity contribution in [3.8, 4) is 0 Å². The second kappa shape index (κ2) is 3.33. The Hall–Kier alpha value is 0.314. The summed E-state index contributed by atoms with van der Waals surface area (Å²) in [7, 11) is 0. The first kappa shape index (κ1) is 7.31. The first-order valence-corrected chi connectivity index (χ1v) is 1.77. The van der Waals surface area contributed by atoms with Gasteiger partial charge in [-0.3, -0.25) is 0 Å². The average Bonchev–Trinajstić information content (AvgIpc) is 1.86. The van der Waals surface area contributed by atoms with Crippen LogP contribution in [-0.4, -0.2) is 10.2 Å². The Morgan fingerprint density at radius 3 is 2.71 bits per heavy atom. The topological polar surface area (TPSA) is 28.7 Å². The molecule has 0 saturated heterocycles. The van der Waals surface area contributed by atoms with Crippen LogP contribution in [0.15, 0.2) is 6.20 Å². The van der Waals surface area contributed by atoms with E-state index in [0.29, 0.717) is 0 Å². The van der Waals surface area contributed by atoms with E-state index in [1.54, 1.807) is 6.20 Å². The molecule has 1 N–H and O–H groups in total. The minimum atomic E-state index is 0. The molecule has 0 atom stereocenters. The normalized spacial score (nSPS) is 7.57. The molecule has 0 saturated carbocycles. The summed E-state index contributed by atoms with van der Waals surface area (Å²) in [6, 6.07) is 0. The fourth-order valence-electron chi connectivity index (χ4n) is 0.282. The Balaban J connectivity index is 0.000000360. The molecule has 0 unspecified atom stereocenters. The Kier molecular flexibility index (Phi) is 3.48. The Labute approximate surface area is 67.6 Å². The van der Waals surface area contributed by atoms with Gasteiger partial charge in [-0.25, -0.2) is 0 Å². The molecule has 0 aliphatic carbocycles. The van der Waals surface area contributed by atoms with E-state index in [4.69, 9.17) is 0 Å². The molecule has 3 heteroatoms. The zero-order chi connectivity index (χ0) is 4.41. The van der Waals surface area contributed by atoms with Crippen molar-refractivity contribution in [3.05, 3.63) is 18.0 Å². The molecule has 7 heavy (non-hydrogen) atoms. The van der Waals surface area contributed by atoms with E-state index in [2.05, 4.69) is 16.4 Å². The third-order valence-corrected chi connectivity index (χ3v) is 0.578. The minimum absolute atomic E-state index is 0. The largest absolute Gasteiger partial charge is 0.382 e. The summed E-state index contributed by atoms with van der Waals surface area (Å²) in [5, 5.41) is 6.20. The summed E-state index contributed by atoms with van der Waals surface area (Å²) in [4.78, 5) is 0. The predicted molar refractivity (Wildman–Crippen MR) is 22.2 cm³/mol. The number of rotatable bonds is 0. The van der Waals surface area contributed by atoms with E-state index in [1.165, 1.54) is 0 Å². The van der Waals surface area contributed by atoms with Crippen LogP contribution in [0.5, 0.6) is 0 Å². The van der Waals surface area contributed by atoms with E-state index >= 15 is 0 Å². The summed E-state index contributed by atoms with van der Waals surface area (Å²) < 4.78 is 0. The summed E-state index contributed by atoms with van der Waals surface area (Å²) in [6.07, 6.45) is 4.49. The first-order valence-electron chi connectivity index (χ1n) is 1.77. The molecule has 0 aliphatic rings. The molecular formula is C4H5N2Y-. The zero-order valence-corrected chi connectivity index (χ0v) is 6.94. The van der Waals surface area contributed by atoms with Crippen molar-refractivity contribution < 1.29 is 32.7 Å².